The van der Waals surface area contributed by atoms with Crippen LogP contribution in [-0.4, -0.2) is 27.9 Å². The predicted octanol–water partition coefficient (Wildman–Crippen LogP) is 1.55. The number of carboxylic acid groups (broad SMARTS) is 1. The van der Waals surface area contributed by atoms with E-state index in [4.69, 9.17) is 14.3 Å². The Labute approximate surface area is 115 Å². The molecule has 0 saturated heterocycles. The van der Waals surface area contributed by atoms with Crippen molar-refractivity contribution >= 4 is 5.97 Å². The van der Waals surface area contributed by atoms with E-state index >= 15 is 0 Å². The summed E-state index contributed by atoms with van der Waals surface area (Å²) in [6.07, 6.45) is 1.79. The minimum Gasteiger partial charge on any atom is -0.480 e. The summed E-state index contributed by atoms with van der Waals surface area (Å²) in [5.74, 6) is 0.0939. The second-order valence-corrected chi connectivity index (χ2v) is 4.79. The Hall–Kier alpha value is -2.21. The minimum absolute atomic E-state index is 0.0268. The number of hydrogen-bond acceptors (Lipinski definition) is 5. The van der Waals surface area contributed by atoms with Gasteiger partial charge in [-0.25, -0.2) is 4.79 Å². The summed E-state index contributed by atoms with van der Waals surface area (Å²) < 4.78 is 10.5. The molecule has 1 aliphatic carbocycles. The number of aliphatic carboxylic acids is 1. The SMILES string of the molecule is O=C(O)COCc1nnc(C2Cc3ccccc3C2)o1. The van der Waals surface area contributed by atoms with Crippen LogP contribution in [0.25, 0.3) is 0 Å². The summed E-state index contributed by atoms with van der Waals surface area (Å²) in [4.78, 5) is 10.3. The lowest BCUT2D eigenvalue weighted by molar-refractivity contribution is -0.142. The lowest BCUT2D eigenvalue weighted by Gasteiger charge is -2.01. The molecular weight excluding hydrogens is 260 g/mol. The van der Waals surface area contributed by atoms with Crippen LogP contribution in [0, 0.1) is 0 Å². The summed E-state index contributed by atoms with van der Waals surface area (Å²) in [6, 6.07) is 8.28. The molecule has 0 fully saturated rings. The normalized spacial score (nSPS) is 14.4. The van der Waals surface area contributed by atoms with Crippen molar-refractivity contribution in [2.45, 2.75) is 25.4 Å². The topological polar surface area (TPSA) is 85.5 Å². The Bertz CT molecular complexity index is 598. The molecule has 0 spiro atoms. The maximum absolute atomic E-state index is 10.3. The lowest BCUT2D eigenvalue weighted by Crippen LogP contribution is -2.06. The van der Waals surface area contributed by atoms with Crippen molar-refractivity contribution in [1.82, 2.24) is 10.2 Å². The van der Waals surface area contributed by atoms with Gasteiger partial charge in [0.1, 0.15) is 13.2 Å². The molecule has 0 saturated carbocycles. The van der Waals surface area contributed by atoms with E-state index in [9.17, 15) is 4.79 Å². The molecule has 1 aromatic carbocycles. The van der Waals surface area contributed by atoms with Crippen molar-refractivity contribution in [1.29, 1.82) is 0 Å². The van der Waals surface area contributed by atoms with Gasteiger partial charge in [0.25, 0.3) is 0 Å². The molecule has 0 bridgehead atoms. The van der Waals surface area contributed by atoms with Crippen molar-refractivity contribution in [3.05, 3.63) is 47.2 Å². The first-order valence-electron chi connectivity index (χ1n) is 6.41. The maximum Gasteiger partial charge on any atom is 0.329 e. The standard InChI is InChI=1S/C14H14N2O4/c17-13(18)8-19-7-12-15-16-14(20-12)11-5-9-3-1-2-4-10(9)6-11/h1-4,11H,5-8H2,(H,17,18). The monoisotopic (exact) mass is 274 g/mol. The molecule has 0 unspecified atom stereocenters. The van der Waals surface area contributed by atoms with E-state index in [0.29, 0.717) is 11.8 Å². The summed E-state index contributed by atoms with van der Waals surface area (Å²) in [5, 5.41) is 16.4. The van der Waals surface area contributed by atoms with Crippen LogP contribution in [0.3, 0.4) is 0 Å². The molecule has 0 aliphatic heterocycles. The molecule has 6 heteroatoms. The molecule has 1 N–H and O–H groups in total. The Morgan fingerprint density at radius 3 is 2.65 bits per heavy atom. The second-order valence-electron chi connectivity index (χ2n) is 4.79. The zero-order valence-corrected chi connectivity index (χ0v) is 10.8. The third-order valence-electron chi connectivity index (χ3n) is 3.33. The number of fused-ring (bicyclic) bond motifs is 1. The van der Waals surface area contributed by atoms with Crippen LogP contribution in [0.5, 0.6) is 0 Å². The van der Waals surface area contributed by atoms with Gasteiger partial charge in [-0.1, -0.05) is 24.3 Å². The van der Waals surface area contributed by atoms with Crippen LogP contribution < -0.4 is 0 Å². The molecule has 6 nitrogen and oxygen atoms in total. The molecule has 1 aliphatic rings. The van der Waals surface area contributed by atoms with Gasteiger partial charge in [-0.3, -0.25) is 0 Å². The summed E-state index contributed by atoms with van der Waals surface area (Å²) in [7, 11) is 0. The molecule has 0 atom stereocenters. The van der Waals surface area contributed by atoms with Crippen molar-refractivity contribution in [3.8, 4) is 0 Å². The first-order valence-corrected chi connectivity index (χ1v) is 6.41. The van der Waals surface area contributed by atoms with E-state index in [-0.39, 0.29) is 19.1 Å². The molecule has 2 aromatic rings. The zero-order chi connectivity index (χ0) is 13.9. The Morgan fingerprint density at radius 1 is 1.30 bits per heavy atom. The molecule has 104 valence electrons. The van der Waals surface area contributed by atoms with Gasteiger partial charge in [0.2, 0.25) is 11.8 Å². The Balaban J connectivity index is 1.62. The van der Waals surface area contributed by atoms with Crippen LogP contribution in [-0.2, 0) is 29.0 Å². The van der Waals surface area contributed by atoms with Gasteiger partial charge in [-0.05, 0) is 24.0 Å². The third-order valence-corrected chi connectivity index (χ3v) is 3.33. The van der Waals surface area contributed by atoms with Gasteiger partial charge < -0.3 is 14.3 Å². The molecule has 0 amide bonds. The largest absolute Gasteiger partial charge is 0.480 e. The summed E-state index contributed by atoms with van der Waals surface area (Å²) >= 11 is 0. The van der Waals surface area contributed by atoms with Crippen molar-refractivity contribution in [3.63, 3.8) is 0 Å². The first-order chi connectivity index (χ1) is 9.72. The average Bonchev–Trinajstić information content (AvgIpc) is 3.03. The maximum atomic E-state index is 10.3. The fraction of sp³-hybridized carbons (Fsp3) is 0.357. The summed E-state index contributed by atoms with van der Waals surface area (Å²) in [5.41, 5.74) is 2.64. The highest BCUT2D eigenvalue weighted by molar-refractivity contribution is 5.67. The molecule has 3 rings (SSSR count). The van der Waals surface area contributed by atoms with Crippen molar-refractivity contribution in [2.75, 3.05) is 6.61 Å². The molecule has 1 heterocycles. The van der Waals surface area contributed by atoms with E-state index in [1.165, 1.54) is 11.1 Å². The molecular formula is C14H14N2O4. The minimum atomic E-state index is -1.02. The smallest absolute Gasteiger partial charge is 0.329 e. The van der Waals surface area contributed by atoms with Crippen LogP contribution in [0.15, 0.2) is 28.7 Å². The van der Waals surface area contributed by atoms with E-state index in [0.717, 1.165) is 12.8 Å². The van der Waals surface area contributed by atoms with Crippen LogP contribution >= 0.6 is 0 Å². The van der Waals surface area contributed by atoms with Gasteiger partial charge >= 0.3 is 5.97 Å². The molecule has 1 aromatic heterocycles. The van der Waals surface area contributed by atoms with Crippen LogP contribution in [0.4, 0.5) is 0 Å². The number of hydrogen-bond donors (Lipinski definition) is 1. The number of carbonyl (C=O) groups is 1. The second kappa shape index (κ2) is 5.42. The van der Waals surface area contributed by atoms with Crippen LogP contribution in [0.2, 0.25) is 0 Å². The van der Waals surface area contributed by atoms with Crippen LogP contribution in [0.1, 0.15) is 28.8 Å². The fourth-order valence-corrected chi connectivity index (χ4v) is 2.45. The highest BCUT2D eigenvalue weighted by atomic mass is 16.5. The molecule has 20 heavy (non-hydrogen) atoms. The van der Waals surface area contributed by atoms with Gasteiger partial charge in [-0.15, -0.1) is 10.2 Å². The fourth-order valence-electron chi connectivity index (χ4n) is 2.45. The number of rotatable bonds is 5. The van der Waals surface area contributed by atoms with E-state index in [1.807, 2.05) is 12.1 Å². The zero-order valence-electron chi connectivity index (χ0n) is 10.8. The predicted molar refractivity (Wildman–Crippen MR) is 68.2 cm³/mol. The summed E-state index contributed by atoms with van der Waals surface area (Å²) in [6.45, 7) is -0.342. The quantitative estimate of drug-likeness (QED) is 0.890. The van der Waals surface area contributed by atoms with Crippen molar-refractivity contribution < 1.29 is 19.1 Å². The lowest BCUT2D eigenvalue weighted by atomic mass is 10.1. The highest BCUT2D eigenvalue weighted by Crippen LogP contribution is 2.32. The highest BCUT2D eigenvalue weighted by Gasteiger charge is 2.26. The number of ether oxygens (including phenoxy) is 1. The van der Waals surface area contributed by atoms with E-state index in [2.05, 4.69) is 22.3 Å². The molecule has 0 radical (unpaired) electrons. The Kier molecular flexibility index (Phi) is 3.47. The van der Waals surface area contributed by atoms with Gasteiger partial charge in [0.15, 0.2) is 0 Å². The number of benzene rings is 1. The van der Waals surface area contributed by atoms with Gasteiger partial charge in [0, 0.05) is 5.92 Å². The third kappa shape index (κ3) is 2.70. The Morgan fingerprint density at radius 2 is 2.00 bits per heavy atom. The van der Waals surface area contributed by atoms with E-state index < -0.39 is 5.97 Å². The number of nitrogens with zero attached hydrogens (tertiary/aromatic N) is 2. The first kappa shape index (κ1) is 12.8. The average molecular weight is 274 g/mol. The van der Waals surface area contributed by atoms with Gasteiger partial charge in [-0.2, -0.15) is 0 Å². The van der Waals surface area contributed by atoms with Crippen molar-refractivity contribution in [2.24, 2.45) is 0 Å². The number of carboxylic acids is 1. The number of aromatic nitrogens is 2. The van der Waals surface area contributed by atoms with Gasteiger partial charge in [0.05, 0.1) is 0 Å². The van der Waals surface area contributed by atoms with E-state index in [1.54, 1.807) is 0 Å².